The molecule has 5 nitrogen and oxygen atoms in total. The summed E-state index contributed by atoms with van der Waals surface area (Å²) >= 11 is 0. The van der Waals surface area contributed by atoms with E-state index < -0.39 is 0 Å². The van der Waals surface area contributed by atoms with Crippen LogP contribution >= 0.6 is 12.4 Å². The van der Waals surface area contributed by atoms with Gasteiger partial charge in [-0.05, 0) is 32.2 Å². The fourth-order valence-electron chi connectivity index (χ4n) is 2.42. The highest BCUT2D eigenvalue weighted by molar-refractivity contribution is 5.89. The SMILES string of the molecule is Cl.NC(=O)C1CCCN1C(=O)C1CCCN1. The van der Waals surface area contributed by atoms with Crippen molar-refractivity contribution >= 4 is 24.2 Å². The Morgan fingerprint density at radius 2 is 2.00 bits per heavy atom. The van der Waals surface area contributed by atoms with E-state index in [-0.39, 0.29) is 36.3 Å². The summed E-state index contributed by atoms with van der Waals surface area (Å²) in [5.74, 6) is -0.326. The lowest BCUT2D eigenvalue weighted by molar-refractivity contribution is -0.138. The molecular weight excluding hydrogens is 230 g/mol. The predicted octanol–water partition coefficient (Wildman–Crippen LogP) is -0.364. The van der Waals surface area contributed by atoms with Crippen LogP contribution in [0.1, 0.15) is 25.7 Å². The average Bonchev–Trinajstić information content (AvgIpc) is 2.88. The molecule has 2 heterocycles. The topological polar surface area (TPSA) is 75.4 Å². The Bertz CT molecular complexity index is 279. The van der Waals surface area contributed by atoms with Crippen molar-refractivity contribution in [2.75, 3.05) is 13.1 Å². The van der Waals surface area contributed by atoms with Gasteiger partial charge in [-0.3, -0.25) is 9.59 Å². The van der Waals surface area contributed by atoms with Crippen molar-refractivity contribution in [1.29, 1.82) is 0 Å². The zero-order valence-electron chi connectivity index (χ0n) is 9.15. The van der Waals surface area contributed by atoms with Gasteiger partial charge in [0.2, 0.25) is 11.8 Å². The van der Waals surface area contributed by atoms with E-state index in [1.54, 1.807) is 4.90 Å². The highest BCUT2D eigenvalue weighted by atomic mass is 35.5. The quantitative estimate of drug-likeness (QED) is 0.700. The number of hydrogen-bond donors (Lipinski definition) is 2. The number of carbonyl (C=O) groups excluding carboxylic acids is 2. The molecule has 0 spiro atoms. The first-order valence-corrected chi connectivity index (χ1v) is 5.53. The van der Waals surface area contributed by atoms with Gasteiger partial charge in [0.1, 0.15) is 6.04 Å². The maximum Gasteiger partial charge on any atom is 0.240 e. The summed E-state index contributed by atoms with van der Waals surface area (Å²) in [6.45, 7) is 1.57. The summed E-state index contributed by atoms with van der Waals surface area (Å²) in [5, 5.41) is 3.15. The minimum atomic E-state index is -0.376. The number of primary amides is 1. The standard InChI is InChI=1S/C10H17N3O2.ClH/c11-9(14)8-4-2-6-13(8)10(15)7-3-1-5-12-7;/h7-8,12H,1-6H2,(H2,11,14);1H. The zero-order valence-corrected chi connectivity index (χ0v) is 9.96. The van der Waals surface area contributed by atoms with Crippen molar-refractivity contribution in [3.05, 3.63) is 0 Å². The number of amides is 2. The van der Waals surface area contributed by atoms with Crippen LogP contribution in [0.4, 0.5) is 0 Å². The molecule has 92 valence electrons. The molecular formula is C10H18ClN3O2. The van der Waals surface area contributed by atoms with Crippen molar-refractivity contribution in [2.24, 2.45) is 5.73 Å². The Balaban J connectivity index is 0.00000128. The summed E-state index contributed by atoms with van der Waals surface area (Å²) in [6, 6.07) is -0.468. The molecule has 6 heteroatoms. The van der Waals surface area contributed by atoms with Gasteiger partial charge in [0, 0.05) is 6.54 Å². The molecule has 0 bridgehead atoms. The Morgan fingerprint density at radius 1 is 1.25 bits per heavy atom. The predicted molar refractivity (Wildman–Crippen MR) is 62.2 cm³/mol. The van der Waals surface area contributed by atoms with Crippen molar-refractivity contribution in [3.8, 4) is 0 Å². The van der Waals surface area contributed by atoms with E-state index in [2.05, 4.69) is 5.32 Å². The molecule has 0 aromatic rings. The summed E-state index contributed by atoms with van der Waals surface area (Å²) in [6.07, 6.45) is 3.51. The van der Waals surface area contributed by atoms with E-state index >= 15 is 0 Å². The lowest BCUT2D eigenvalue weighted by Gasteiger charge is -2.25. The summed E-state index contributed by atoms with van der Waals surface area (Å²) in [4.78, 5) is 24.8. The molecule has 3 N–H and O–H groups in total. The first kappa shape index (κ1) is 13.3. The van der Waals surface area contributed by atoms with Crippen LogP contribution in [0, 0.1) is 0 Å². The van der Waals surface area contributed by atoms with Crippen LogP contribution in [0.2, 0.25) is 0 Å². The second-order valence-corrected chi connectivity index (χ2v) is 4.24. The lowest BCUT2D eigenvalue weighted by atomic mass is 10.1. The molecule has 2 aliphatic rings. The van der Waals surface area contributed by atoms with E-state index in [0.717, 1.165) is 25.8 Å². The van der Waals surface area contributed by atoms with Crippen LogP contribution in [-0.2, 0) is 9.59 Å². The van der Waals surface area contributed by atoms with E-state index in [1.807, 2.05) is 0 Å². The van der Waals surface area contributed by atoms with E-state index in [1.165, 1.54) is 0 Å². The zero-order chi connectivity index (χ0) is 10.8. The minimum Gasteiger partial charge on any atom is -0.368 e. The maximum atomic E-state index is 12.0. The van der Waals surface area contributed by atoms with E-state index in [0.29, 0.717) is 13.0 Å². The molecule has 0 aromatic carbocycles. The number of nitrogens with one attached hydrogen (secondary N) is 1. The lowest BCUT2D eigenvalue weighted by Crippen LogP contribution is -2.49. The second kappa shape index (κ2) is 5.50. The number of carbonyl (C=O) groups is 2. The summed E-state index contributed by atoms with van der Waals surface area (Å²) in [5.41, 5.74) is 5.27. The molecule has 2 unspecified atom stereocenters. The number of rotatable bonds is 2. The average molecular weight is 248 g/mol. The third kappa shape index (κ3) is 2.47. The molecule has 2 atom stereocenters. The number of likely N-dealkylation sites (tertiary alicyclic amines) is 1. The van der Waals surface area contributed by atoms with Crippen LogP contribution in [0.3, 0.4) is 0 Å². The van der Waals surface area contributed by atoms with Gasteiger partial charge < -0.3 is 16.0 Å². The van der Waals surface area contributed by atoms with Crippen LogP contribution in [0.15, 0.2) is 0 Å². The van der Waals surface area contributed by atoms with Crippen LogP contribution in [0.25, 0.3) is 0 Å². The monoisotopic (exact) mass is 247 g/mol. The van der Waals surface area contributed by atoms with Crippen molar-refractivity contribution < 1.29 is 9.59 Å². The van der Waals surface area contributed by atoms with Gasteiger partial charge in [-0.25, -0.2) is 0 Å². The van der Waals surface area contributed by atoms with Crippen molar-refractivity contribution in [2.45, 2.75) is 37.8 Å². The highest BCUT2D eigenvalue weighted by Gasteiger charge is 2.36. The summed E-state index contributed by atoms with van der Waals surface area (Å²) in [7, 11) is 0. The number of nitrogens with two attached hydrogens (primary N) is 1. The van der Waals surface area contributed by atoms with E-state index in [9.17, 15) is 9.59 Å². The van der Waals surface area contributed by atoms with Crippen molar-refractivity contribution in [3.63, 3.8) is 0 Å². The van der Waals surface area contributed by atoms with Gasteiger partial charge in [-0.1, -0.05) is 0 Å². The number of nitrogens with zero attached hydrogens (tertiary/aromatic N) is 1. The van der Waals surface area contributed by atoms with Gasteiger partial charge in [0.25, 0.3) is 0 Å². The Hall–Kier alpha value is -0.810. The Labute approximate surface area is 101 Å². The van der Waals surface area contributed by atoms with Gasteiger partial charge in [-0.15, -0.1) is 12.4 Å². The maximum absolute atomic E-state index is 12.0. The molecule has 0 radical (unpaired) electrons. The number of hydrogen-bond acceptors (Lipinski definition) is 3. The molecule has 2 aliphatic heterocycles. The molecule has 16 heavy (non-hydrogen) atoms. The molecule has 0 aromatic heterocycles. The van der Waals surface area contributed by atoms with Crippen LogP contribution < -0.4 is 11.1 Å². The largest absolute Gasteiger partial charge is 0.368 e. The Morgan fingerprint density at radius 3 is 2.56 bits per heavy atom. The smallest absolute Gasteiger partial charge is 0.240 e. The van der Waals surface area contributed by atoms with Gasteiger partial charge >= 0.3 is 0 Å². The molecule has 2 fully saturated rings. The molecule has 2 rings (SSSR count). The first-order chi connectivity index (χ1) is 7.20. The van der Waals surface area contributed by atoms with Crippen LogP contribution in [0.5, 0.6) is 0 Å². The Kier molecular flexibility index (Phi) is 4.56. The van der Waals surface area contributed by atoms with Gasteiger partial charge in [-0.2, -0.15) is 0 Å². The molecule has 2 saturated heterocycles. The highest BCUT2D eigenvalue weighted by Crippen LogP contribution is 2.20. The first-order valence-electron chi connectivity index (χ1n) is 5.53. The number of halogens is 1. The second-order valence-electron chi connectivity index (χ2n) is 4.24. The third-order valence-electron chi connectivity index (χ3n) is 3.22. The van der Waals surface area contributed by atoms with Crippen LogP contribution in [-0.4, -0.2) is 41.9 Å². The van der Waals surface area contributed by atoms with Crippen molar-refractivity contribution in [1.82, 2.24) is 10.2 Å². The molecule has 0 aliphatic carbocycles. The fraction of sp³-hybridized carbons (Fsp3) is 0.800. The third-order valence-corrected chi connectivity index (χ3v) is 3.22. The van der Waals surface area contributed by atoms with Gasteiger partial charge in [0.15, 0.2) is 0 Å². The molecule has 2 amide bonds. The molecule has 0 saturated carbocycles. The fourth-order valence-corrected chi connectivity index (χ4v) is 2.42. The van der Waals surface area contributed by atoms with E-state index in [4.69, 9.17) is 5.73 Å². The minimum absolute atomic E-state index is 0. The van der Waals surface area contributed by atoms with Gasteiger partial charge in [0.05, 0.1) is 6.04 Å². The summed E-state index contributed by atoms with van der Waals surface area (Å²) < 4.78 is 0. The normalized spacial score (nSPS) is 28.9.